The van der Waals surface area contributed by atoms with Crippen LogP contribution < -0.4 is 10.2 Å². The van der Waals surface area contributed by atoms with Crippen molar-refractivity contribution in [2.45, 2.75) is 38.6 Å². The number of nitrogens with zero attached hydrogens (tertiary/aromatic N) is 6. The summed E-state index contributed by atoms with van der Waals surface area (Å²) >= 11 is 5.93. The molecule has 3 heterocycles. The Hall–Kier alpha value is -4.73. The second-order valence-electron chi connectivity index (χ2n) is 9.91. The fourth-order valence-corrected chi connectivity index (χ4v) is 5.37. The van der Waals surface area contributed by atoms with Crippen LogP contribution in [0.2, 0.25) is 5.15 Å². The van der Waals surface area contributed by atoms with Gasteiger partial charge in [-0.25, -0.2) is 19.7 Å². The highest BCUT2D eigenvalue weighted by molar-refractivity contribution is 6.29. The summed E-state index contributed by atoms with van der Waals surface area (Å²) in [5.74, 6) is -1.11. The molecule has 1 fully saturated rings. The summed E-state index contributed by atoms with van der Waals surface area (Å²) in [7, 11) is 0. The lowest BCUT2D eigenvalue weighted by molar-refractivity contribution is 0.0691. The Balaban J connectivity index is 1.46. The van der Waals surface area contributed by atoms with Gasteiger partial charge in [-0.15, -0.1) is 0 Å². The van der Waals surface area contributed by atoms with Crippen LogP contribution in [-0.4, -0.2) is 39.1 Å². The van der Waals surface area contributed by atoms with E-state index in [1.54, 1.807) is 12.1 Å². The molecular formula is C30H26ClN7O2. The molecule has 10 heteroatoms. The van der Waals surface area contributed by atoms with Gasteiger partial charge in [0.15, 0.2) is 11.4 Å². The van der Waals surface area contributed by atoms with E-state index < -0.39 is 5.97 Å². The first kappa shape index (κ1) is 26.9. The van der Waals surface area contributed by atoms with Gasteiger partial charge in [0.05, 0.1) is 40.1 Å². The predicted molar refractivity (Wildman–Crippen MR) is 153 cm³/mol. The van der Waals surface area contributed by atoms with E-state index >= 15 is 0 Å². The van der Waals surface area contributed by atoms with Crippen molar-refractivity contribution >= 4 is 40.0 Å². The van der Waals surface area contributed by atoms with Crippen LogP contribution in [0.25, 0.3) is 11.0 Å². The molecule has 2 N–H and O–H groups in total. The molecule has 1 atom stereocenters. The number of halogens is 1. The number of benzene rings is 2. The normalized spacial score (nSPS) is 14.4. The molecule has 2 aromatic carbocycles. The molecule has 1 saturated heterocycles. The minimum atomic E-state index is -1.18. The highest BCUT2D eigenvalue weighted by Crippen LogP contribution is 2.34. The van der Waals surface area contributed by atoms with E-state index in [2.05, 4.69) is 27.3 Å². The summed E-state index contributed by atoms with van der Waals surface area (Å²) in [6.45, 7) is 5.45. The third kappa shape index (κ3) is 5.38. The van der Waals surface area contributed by atoms with E-state index in [4.69, 9.17) is 26.8 Å². The van der Waals surface area contributed by atoms with Crippen LogP contribution in [0.1, 0.15) is 70.3 Å². The van der Waals surface area contributed by atoms with Crippen LogP contribution in [0.3, 0.4) is 0 Å². The van der Waals surface area contributed by atoms with Gasteiger partial charge in [-0.3, -0.25) is 0 Å². The molecule has 0 unspecified atom stereocenters. The summed E-state index contributed by atoms with van der Waals surface area (Å²) in [4.78, 5) is 27.7. The van der Waals surface area contributed by atoms with Gasteiger partial charge in [-0.2, -0.15) is 10.5 Å². The number of fused-ring (bicyclic) bond motifs is 1. The maximum absolute atomic E-state index is 11.8. The molecule has 5 rings (SSSR count). The molecule has 0 aliphatic carbocycles. The zero-order chi connectivity index (χ0) is 28.4. The third-order valence-electron chi connectivity index (χ3n) is 7.22. The van der Waals surface area contributed by atoms with Gasteiger partial charge >= 0.3 is 5.97 Å². The molecule has 200 valence electrons. The van der Waals surface area contributed by atoms with Crippen molar-refractivity contribution in [2.75, 3.05) is 23.3 Å². The Morgan fingerprint density at radius 2 is 1.80 bits per heavy atom. The zero-order valence-electron chi connectivity index (χ0n) is 22.0. The van der Waals surface area contributed by atoms with Crippen LogP contribution in [0.5, 0.6) is 0 Å². The number of nitriles is 2. The lowest BCUT2D eigenvalue weighted by Gasteiger charge is -2.33. The number of anilines is 2. The number of carbonyl (C=O) groups is 1. The van der Waals surface area contributed by atoms with Crippen LogP contribution in [0, 0.1) is 29.6 Å². The van der Waals surface area contributed by atoms with Crippen LogP contribution in [0.4, 0.5) is 11.4 Å². The van der Waals surface area contributed by atoms with Gasteiger partial charge < -0.3 is 15.3 Å². The van der Waals surface area contributed by atoms with E-state index in [1.165, 1.54) is 0 Å². The van der Waals surface area contributed by atoms with Gasteiger partial charge in [0.1, 0.15) is 11.2 Å². The minimum Gasteiger partial charge on any atom is -0.476 e. The van der Waals surface area contributed by atoms with Crippen LogP contribution >= 0.6 is 11.6 Å². The maximum atomic E-state index is 11.8. The van der Waals surface area contributed by atoms with Gasteiger partial charge in [-0.1, -0.05) is 17.7 Å². The SMILES string of the molecule is Cc1cc([C@@H](C)Nc2ccc(Cl)nc2C(=O)O)c2nc(C3CCN(c4ccc(C#N)cc4)CC3)c(C#N)nc2c1. The van der Waals surface area contributed by atoms with E-state index in [0.29, 0.717) is 33.7 Å². The Labute approximate surface area is 236 Å². The fraction of sp³-hybridized carbons (Fsp3) is 0.267. The number of carboxylic acid groups (broad SMARTS) is 1. The number of hydrogen-bond donors (Lipinski definition) is 2. The Morgan fingerprint density at radius 3 is 2.45 bits per heavy atom. The number of hydrogen-bond acceptors (Lipinski definition) is 8. The summed E-state index contributed by atoms with van der Waals surface area (Å²) in [6.07, 6.45) is 1.62. The van der Waals surface area contributed by atoms with Crippen molar-refractivity contribution in [3.05, 3.63) is 87.5 Å². The molecule has 1 aliphatic heterocycles. The number of piperidine rings is 1. The first-order valence-electron chi connectivity index (χ1n) is 12.9. The number of pyridine rings is 1. The second-order valence-corrected chi connectivity index (χ2v) is 10.3. The standard InChI is InChI=1S/C30H26ClN7O2/c1-17-13-22(18(2)34-23-7-8-26(31)36-29(23)30(39)40)28-24(14-17)35-25(16-33)27(37-28)20-9-11-38(12-10-20)21-5-3-19(15-32)4-6-21/h3-8,13-14,18,20,34H,9-12H2,1-2H3,(H,39,40)/t18-/m1/s1. The molecule has 0 saturated carbocycles. The molecule has 1 aliphatic rings. The van der Waals surface area contributed by atoms with Crippen molar-refractivity contribution in [2.24, 2.45) is 0 Å². The Bertz CT molecular complexity index is 1680. The molecule has 4 aromatic rings. The van der Waals surface area contributed by atoms with Gasteiger partial charge in [-0.05, 0) is 74.7 Å². The van der Waals surface area contributed by atoms with Gasteiger partial charge in [0.25, 0.3) is 0 Å². The molecule has 0 amide bonds. The summed E-state index contributed by atoms with van der Waals surface area (Å²) in [6, 6.07) is 18.7. The smallest absolute Gasteiger partial charge is 0.356 e. The Kier molecular flexibility index (Phi) is 7.50. The van der Waals surface area contributed by atoms with Crippen molar-refractivity contribution in [1.29, 1.82) is 10.5 Å². The second kappa shape index (κ2) is 11.2. The number of carboxylic acids is 1. The van der Waals surface area contributed by atoms with Crippen molar-refractivity contribution in [1.82, 2.24) is 15.0 Å². The maximum Gasteiger partial charge on any atom is 0.356 e. The Morgan fingerprint density at radius 1 is 1.07 bits per heavy atom. The van der Waals surface area contributed by atoms with E-state index in [0.717, 1.165) is 42.7 Å². The summed E-state index contributed by atoms with van der Waals surface area (Å²) < 4.78 is 0. The molecule has 0 radical (unpaired) electrons. The van der Waals surface area contributed by atoms with Crippen molar-refractivity contribution < 1.29 is 9.90 Å². The molecule has 0 bridgehead atoms. The average Bonchev–Trinajstić information content (AvgIpc) is 2.97. The molecule has 9 nitrogen and oxygen atoms in total. The zero-order valence-corrected chi connectivity index (χ0v) is 22.8. The predicted octanol–water partition coefficient (Wildman–Crippen LogP) is 5.99. The number of nitrogens with one attached hydrogen (secondary N) is 1. The van der Waals surface area contributed by atoms with Crippen LogP contribution in [0.15, 0.2) is 48.5 Å². The molecular weight excluding hydrogens is 526 g/mol. The molecule has 2 aromatic heterocycles. The van der Waals surface area contributed by atoms with Crippen molar-refractivity contribution in [3.63, 3.8) is 0 Å². The molecule has 40 heavy (non-hydrogen) atoms. The fourth-order valence-electron chi connectivity index (χ4n) is 5.23. The van der Waals surface area contributed by atoms with Crippen LogP contribution in [-0.2, 0) is 0 Å². The number of aryl methyl sites for hydroxylation is 1. The van der Waals surface area contributed by atoms with Gasteiger partial charge in [0, 0.05) is 30.3 Å². The topological polar surface area (TPSA) is 139 Å². The first-order chi connectivity index (χ1) is 19.3. The third-order valence-corrected chi connectivity index (χ3v) is 7.43. The lowest BCUT2D eigenvalue weighted by Crippen LogP contribution is -2.33. The highest BCUT2D eigenvalue weighted by atomic mass is 35.5. The van der Waals surface area contributed by atoms with E-state index in [-0.39, 0.29) is 22.8 Å². The minimum absolute atomic E-state index is 0.0673. The van der Waals surface area contributed by atoms with Crippen molar-refractivity contribution in [3.8, 4) is 12.1 Å². The number of aromatic carboxylic acids is 1. The lowest BCUT2D eigenvalue weighted by atomic mass is 9.91. The quantitative estimate of drug-likeness (QED) is 0.277. The van der Waals surface area contributed by atoms with E-state index in [1.807, 2.05) is 50.2 Å². The van der Waals surface area contributed by atoms with Gasteiger partial charge in [0.2, 0.25) is 0 Å². The van der Waals surface area contributed by atoms with E-state index in [9.17, 15) is 15.2 Å². The number of aromatic nitrogens is 3. The highest BCUT2D eigenvalue weighted by Gasteiger charge is 2.27. The summed E-state index contributed by atoms with van der Waals surface area (Å²) in [5, 5.41) is 32.0. The largest absolute Gasteiger partial charge is 0.476 e. The number of rotatable bonds is 6. The average molecular weight is 552 g/mol. The molecule has 0 spiro atoms. The first-order valence-corrected chi connectivity index (χ1v) is 13.3. The monoisotopic (exact) mass is 551 g/mol. The summed E-state index contributed by atoms with van der Waals surface area (Å²) in [5.41, 5.74) is 5.98.